The van der Waals surface area contributed by atoms with Gasteiger partial charge >= 0.3 is 5.97 Å². The Bertz CT molecular complexity index is 1690. The van der Waals surface area contributed by atoms with Crippen molar-refractivity contribution >= 4 is 48.6 Å². The Balaban J connectivity index is 1.76. The summed E-state index contributed by atoms with van der Waals surface area (Å²) in [7, 11) is 5.50. The summed E-state index contributed by atoms with van der Waals surface area (Å²) >= 11 is 0. The number of aromatic nitrogens is 3. The van der Waals surface area contributed by atoms with E-state index in [9.17, 15) is 20.0 Å². The van der Waals surface area contributed by atoms with Gasteiger partial charge in [-0.3, -0.25) is 10.1 Å². The minimum Gasteiger partial charge on any atom is -0.494 e. The number of pyridine rings is 1. The number of carbonyl (C=O) groups is 1. The first-order valence-electron chi connectivity index (χ1n) is 14.4. The average Bonchev–Trinajstić information content (AvgIpc) is 3.23. The van der Waals surface area contributed by atoms with Gasteiger partial charge in [0.25, 0.3) is 5.69 Å². The fourth-order valence-corrected chi connectivity index (χ4v) is 5.39. The van der Waals surface area contributed by atoms with Gasteiger partial charge in [0.1, 0.15) is 30.8 Å². The van der Waals surface area contributed by atoms with Crippen molar-refractivity contribution in [2.75, 3.05) is 63.0 Å². The standard InChI is InChI=1S/C31H40N8O5Si/c1-31(2)19-38(23-11-10-20(33-27(23)31)12-15-45(7,8)9)28-21(29(40)41)18-32-30(35-28)34-22-16-25(39(42)43)24(17-26(22)44-6)37(5)14-13-36(3)4/h10-11,16-18H,13-14,19H2,1-9H3,(H,40,41)(H,32,34,35). The molecule has 0 spiro atoms. The molecule has 0 saturated heterocycles. The fourth-order valence-electron chi connectivity index (χ4n) is 4.89. The molecule has 3 heterocycles. The molecular formula is C31H40N8O5Si. The molecule has 0 unspecified atom stereocenters. The number of nitro benzene ring substituents is 1. The summed E-state index contributed by atoms with van der Waals surface area (Å²) in [6.07, 6.45) is 1.23. The van der Waals surface area contributed by atoms with E-state index >= 15 is 0 Å². The van der Waals surface area contributed by atoms with Gasteiger partial charge < -0.3 is 29.9 Å². The van der Waals surface area contributed by atoms with Crippen molar-refractivity contribution in [1.82, 2.24) is 19.9 Å². The van der Waals surface area contributed by atoms with E-state index in [0.717, 1.165) is 11.4 Å². The summed E-state index contributed by atoms with van der Waals surface area (Å²) in [4.78, 5) is 43.3. The maximum Gasteiger partial charge on any atom is 0.341 e. The largest absolute Gasteiger partial charge is 0.494 e. The van der Waals surface area contributed by atoms with Crippen molar-refractivity contribution in [2.24, 2.45) is 0 Å². The van der Waals surface area contributed by atoms with Crippen molar-refractivity contribution in [3.63, 3.8) is 0 Å². The molecular weight excluding hydrogens is 592 g/mol. The van der Waals surface area contributed by atoms with Crippen LogP contribution in [0.15, 0.2) is 30.5 Å². The van der Waals surface area contributed by atoms with Crippen LogP contribution >= 0.6 is 0 Å². The molecule has 0 bridgehead atoms. The summed E-state index contributed by atoms with van der Waals surface area (Å²) < 4.78 is 5.59. The van der Waals surface area contributed by atoms with Crippen LogP contribution in [-0.4, -0.2) is 91.8 Å². The zero-order valence-corrected chi connectivity index (χ0v) is 28.2. The number of nitrogens with one attached hydrogen (secondary N) is 1. The van der Waals surface area contributed by atoms with E-state index in [1.54, 1.807) is 18.0 Å². The lowest BCUT2D eigenvalue weighted by molar-refractivity contribution is -0.384. The topological polar surface area (TPSA) is 150 Å². The Hall–Kier alpha value is -4.74. The third-order valence-corrected chi connectivity index (χ3v) is 8.09. The Morgan fingerprint density at radius 3 is 2.51 bits per heavy atom. The Morgan fingerprint density at radius 1 is 1.20 bits per heavy atom. The third-order valence-electron chi connectivity index (χ3n) is 7.21. The Kier molecular flexibility index (Phi) is 9.36. The van der Waals surface area contributed by atoms with Crippen molar-refractivity contribution in [3.05, 3.63) is 57.5 Å². The van der Waals surface area contributed by atoms with E-state index < -0.39 is 24.4 Å². The van der Waals surface area contributed by atoms with E-state index in [1.807, 2.05) is 49.9 Å². The molecule has 238 valence electrons. The zero-order valence-electron chi connectivity index (χ0n) is 27.2. The van der Waals surface area contributed by atoms with Gasteiger partial charge in [-0.05, 0) is 26.2 Å². The first kappa shape index (κ1) is 33.2. The summed E-state index contributed by atoms with van der Waals surface area (Å²) in [5.74, 6) is 2.57. The lowest BCUT2D eigenvalue weighted by Crippen LogP contribution is -2.29. The predicted molar refractivity (Wildman–Crippen MR) is 178 cm³/mol. The second-order valence-electron chi connectivity index (χ2n) is 12.9. The lowest BCUT2D eigenvalue weighted by Gasteiger charge is -2.24. The maximum atomic E-state index is 12.3. The zero-order chi connectivity index (χ0) is 33.3. The number of carboxylic acids is 1. The maximum absolute atomic E-state index is 12.3. The number of likely N-dealkylation sites (N-methyl/N-ethyl adjacent to an activating group) is 2. The van der Waals surface area contributed by atoms with Crippen LogP contribution in [-0.2, 0) is 5.41 Å². The second kappa shape index (κ2) is 12.7. The SMILES string of the molecule is COc1cc(N(C)CCN(C)C)c([N+](=O)[O-])cc1Nc1ncc(C(=O)O)c(N2CC(C)(C)c3nc(C#C[Si](C)(C)C)ccc32)n1. The van der Waals surface area contributed by atoms with Gasteiger partial charge in [-0.1, -0.05) is 39.4 Å². The molecule has 13 nitrogen and oxygen atoms in total. The highest BCUT2D eigenvalue weighted by molar-refractivity contribution is 6.83. The summed E-state index contributed by atoms with van der Waals surface area (Å²) in [5, 5.41) is 25.2. The number of nitrogens with zero attached hydrogens (tertiary/aromatic N) is 7. The highest BCUT2D eigenvalue weighted by Crippen LogP contribution is 2.44. The molecule has 0 saturated carbocycles. The molecule has 0 amide bonds. The fraction of sp³-hybridized carbons (Fsp3) is 0.419. The first-order chi connectivity index (χ1) is 21.0. The quantitative estimate of drug-likeness (QED) is 0.136. The van der Waals surface area contributed by atoms with Gasteiger partial charge in [-0.25, -0.2) is 14.8 Å². The van der Waals surface area contributed by atoms with Crippen LogP contribution < -0.4 is 19.9 Å². The van der Waals surface area contributed by atoms with Gasteiger partial charge in [-0.2, -0.15) is 4.98 Å². The number of rotatable bonds is 10. The smallest absolute Gasteiger partial charge is 0.341 e. The molecule has 0 atom stereocenters. The van der Waals surface area contributed by atoms with Gasteiger partial charge in [0.15, 0.2) is 5.82 Å². The van der Waals surface area contributed by atoms with E-state index in [1.165, 1.54) is 19.4 Å². The monoisotopic (exact) mass is 632 g/mol. The van der Waals surface area contributed by atoms with Crippen molar-refractivity contribution in [1.29, 1.82) is 0 Å². The number of ether oxygens (including phenoxy) is 1. The van der Waals surface area contributed by atoms with Crippen LogP contribution in [0.3, 0.4) is 0 Å². The number of hydrogen-bond acceptors (Lipinski definition) is 11. The number of carboxylic acid groups (broad SMARTS) is 1. The van der Waals surface area contributed by atoms with Crippen LogP contribution in [0.2, 0.25) is 19.6 Å². The van der Waals surface area contributed by atoms with Gasteiger partial charge in [-0.15, -0.1) is 5.54 Å². The molecule has 2 N–H and O–H groups in total. The van der Waals surface area contributed by atoms with Crippen molar-refractivity contribution in [3.8, 4) is 17.2 Å². The van der Waals surface area contributed by atoms with Crippen LogP contribution in [0.1, 0.15) is 35.6 Å². The number of aromatic carboxylic acids is 1. The van der Waals surface area contributed by atoms with Crippen LogP contribution in [0, 0.1) is 21.6 Å². The summed E-state index contributed by atoms with van der Waals surface area (Å²) in [5.41, 5.74) is 5.53. The summed E-state index contributed by atoms with van der Waals surface area (Å²) in [6, 6.07) is 6.69. The predicted octanol–water partition coefficient (Wildman–Crippen LogP) is 4.89. The Labute approximate surface area is 264 Å². The second-order valence-corrected chi connectivity index (χ2v) is 17.7. The summed E-state index contributed by atoms with van der Waals surface area (Å²) in [6.45, 7) is 12.2. The minimum absolute atomic E-state index is 0.0492. The molecule has 1 aliphatic rings. The van der Waals surface area contributed by atoms with E-state index in [-0.39, 0.29) is 28.7 Å². The van der Waals surface area contributed by atoms with Crippen LogP contribution in [0.25, 0.3) is 0 Å². The molecule has 0 fully saturated rings. The molecule has 0 radical (unpaired) electrons. The van der Waals surface area contributed by atoms with Crippen molar-refractivity contribution < 1.29 is 19.6 Å². The highest BCUT2D eigenvalue weighted by atomic mass is 28.3. The number of benzene rings is 1. The molecule has 1 aromatic carbocycles. The van der Waals surface area contributed by atoms with E-state index in [4.69, 9.17) is 9.72 Å². The normalized spacial score (nSPS) is 13.6. The number of hydrogen-bond donors (Lipinski definition) is 2. The molecule has 0 aliphatic carbocycles. The molecule has 45 heavy (non-hydrogen) atoms. The molecule has 3 aromatic rings. The van der Waals surface area contributed by atoms with Crippen molar-refractivity contribution in [2.45, 2.75) is 38.9 Å². The van der Waals surface area contributed by atoms with E-state index in [2.05, 4.69) is 46.4 Å². The third kappa shape index (κ3) is 7.50. The van der Waals surface area contributed by atoms with Crippen LogP contribution in [0.4, 0.5) is 34.5 Å². The number of anilines is 5. The van der Waals surface area contributed by atoms with E-state index in [0.29, 0.717) is 36.8 Å². The van der Waals surface area contributed by atoms with Gasteiger partial charge in [0.05, 0.1) is 29.1 Å². The first-order valence-corrected chi connectivity index (χ1v) is 17.9. The molecule has 1 aliphatic heterocycles. The van der Waals surface area contributed by atoms with Gasteiger partial charge in [0.2, 0.25) is 5.95 Å². The number of fused-ring (bicyclic) bond motifs is 1. The molecule has 4 rings (SSSR count). The minimum atomic E-state index is -1.61. The lowest BCUT2D eigenvalue weighted by atomic mass is 9.91. The average molecular weight is 633 g/mol. The Morgan fingerprint density at radius 2 is 1.91 bits per heavy atom. The number of nitro groups is 1. The number of methoxy groups -OCH3 is 1. The highest BCUT2D eigenvalue weighted by Gasteiger charge is 2.39. The molecule has 14 heteroatoms. The van der Waals surface area contributed by atoms with Gasteiger partial charge in [0, 0.05) is 50.4 Å². The van der Waals surface area contributed by atoms with Crippen LogP contribution in [0.5, 0.6) is 5.75 Å². The molecule has 2 aromatic heterocycles.